The second kappa shape index (κ2) is 5.41. The number of likely N-dealkylation sites (N-methyl/N-ethyl adjacent to an activating group) is 1. The molecule has 0 saturated heterocycles. The third kappa shape index (κ3) is 2.79. The normalized spacial score (nSPS) is 10.6. The first-order valence-corrected chi connectivity index (χ1v) is 6.08. The smallest absolute Gasteiger partial charge is 0.243 e. The Hall–Kier alpha value is -1.94. The van der Waals surface area contributed by atoms with E-state index in [9.17, 15) is 4.79 Å². The van der Waals surface area contributed by atoms with Crippen molar-refractivity contribution in [3.05, 3.63) is 47.5 Å². The van der Waals surface area contributed by atoms with E-state index in [1.807, 2.05) is 29.6 Å². The molecule has 4 heteroatoms. The van der Waals surface area contributed by atoms with Gasteiger partial charge in [-0.15, -0.1) is 11.3 Å². The van der Waals surface area contributed by atoms with Crippen LogP contribution in [0.15, 0.2) is 41.9 Å². The van der Waals surface area contributed by atoms with Gasteiger partial charge in [-0.05, 0) is 11.6 Å². The van der Waals surface area contributed by atoms with E-state index in [1.165, 1.54) is 6.08 Å². The molecule has 0 saturated carbocycles. The van der Waals surface area contributed by atoms with Crippen molar-refractivity contribution in [3.63, 3.8) is 0 Å². The molecule has 1 amide bonds. The van der Waals surface area contributed by atoms with E-state index in [1.54, 1.807) is 30.7 Å². The summed E-state index contributed by atoms with van der Waals surface area (Å²) >= 11 is 1.58. The summed E-state index contributed by atoms with van der Waals surface area (Å²) in [6.07, 6.45) is 5.10. The fourth-order valence-corrected chi connectivity index (χ4v) is 2.13. The molecule has 86 valence electrons. The fraction of sp³-hybridized carbons (Fsp3) is 0.0769. The number of aromatic nitrogens is 1. The molecule has 0 aliphatic heterocycles. The van der Waals surface area contributed by atoms with Crippen molar-refractivity contribution in [3.8, 4) is 10.6 Å². The number of carbonyl (C=O) groups is 1. The minimum Gasteiger partial charge on any atom is -0.356 e. The Labute approximate surface area is 104 Å². The number of carbonyl (C=O) groups excluding carboxylic acids is 1. The standard InChI is InChI=1S/C13H12N2OS/c1-14-12(16)7-6-10-4-2-3-5-11(10)13-15-8-9-17-13/h2-9H,1H3,(H,14,16)/b7-6+. The van der Waals surface area contributed by atoms with Crippen molar-refractivity contribution in [1.82, 2.24) is 10.3 Å². The summed E-state index contributed by atoms with van der Waals surface area (Å²) in [7, 11) is 1.61. The van der Waals surface area contributed by atoms with Gasteiger partial charge in [0.05, 0.1) is 0 Å². The number of amides is 1. The van der Waals surface area contributed by atoms with Crippen molar-refractivity contribution in [1.29, 1.82) is 0 Å². The molecular formula is C13H12N2OS. The first-order valence-electron chi connectivity index (χ1n) is 5.20. The highest BCUT2D eigenvalue weighted by Crippen LogP contribution is 2.26. The summed E-state index contributed by atoms with van der Waals surface area (Å²) in [4.78, 5) is 15.5. The molecule has 0 spiro atoms. The molecule has 1 N–H and O–H groups in total. The van der Waals surface area contributed by atoms with Gasteiger partial charge in [0.2, 0.25) is 5.91 Å². The van der Waals surface area contributed by atoms with Crippen molar-refractivity contribution in [2.75, 3.05) is 7.05 Å². The Balaban J connectivity index is 2.35. The van der Waals surface area contributed by atoms with Crippen LogP contribution in [0.4, 0.5) is 0 Å². The Morgan fingerprint density at radius 3 is 2.94 bits per heavy atom. The van der Waals surface area contributed by atoms with Gasteiger partial charge in [-0.3, -0.25) is 4.79 Å². The molecule has 0 aliphatic carbocycles. The maximum Gasteiger partial charge on any atom is 0.243 e. The van der Waals surface area contributed by atoms with Crippen LogP contribution in [0.2, 0.25) is 0 Å². The molecule has 0 bridgehead atoms. The molecule has 0 fully saturated rings. The van der Waals surface area contributed by atoms with E-state index in [4.69, 9.17) is 0 Å². The second-order valence-electron chi connectivity index (χ2n) is 3.37. The van der Waals surface area contributed by atoms with Crippen LogP contribution in [-0.4, -0.2) is 17.9 Å². The zero-order valence-electron chi connectivity index (χ0n) is 9.38. The Bertz CT molecular complexity index is 532. The van der Waals surface area contributed by atoms with E-state index in [-0.39, 0.29) is 5.91 Å². The lowest BCUT2D eigenvalue weighted by atomic mass is 10.1. The Kier molecular flexibility index (Phi) is 3.67. The Morgan fingerprint density at radius 2 is 2.24 bits per heavy atom. The summed E-state index contributed by atoms with van der Waals surface area (Å²) in [5.41, 5.74) is 2.04. The molecule has 3 nitrogen and oxygen atoms in total. The van der Waals surface area contributed by atoms with E-state index in [0.29, 0.717) is 0 Å². The van der Waals surface area contributed by atoms with Crippen LogP contribution in [0.1, 0.15) is 5.56 Å². The van der Waals surface area contributed by atoms with Crippen molar-refractivity contribution < 1.29 is 4.79 Å². The average Bonchev–Trinajstić information content (AvgIpc) is 2.90. The number of hydrogen-bond donors (Lipinski definition) is 1. The lowest BCUT2D eigenvalue weighted by Crippen LogP contribution is -2.13. The molecule has 0 unspecified atom stereocenters. The van der Waals surface area contributed by atoms with Crippen molar-refractivity contribution >= 4 is 23.3 Å². The predicted octanol–water partition coefficient (Wildman–Crippen LogP) is 2.57. The highest BCUT2D eigenvalue weighted by molar-refractivity contribution is 7.13. The molecule has 0 radical (unpaired) electrons. The quantitative estimate of drug-likeness (QED) is 0.843. The topological polar surface area (TPSA) is 42.0 Å². The largest absolute Gasteiger partial charge is 0.356 e. The Morgan fingerprint density at radius 1 is 1.41 bits per heavy atom. The molecular weight excluding hydrogens is 232 g/mol. The van der Waals surface area contributed by atoms with E-state index < -0.39 is 0 Å². The maximum absolute atomic E-state index is 11.2. The molecule has 17 heavy (non-hydrogen) atoms. The van der Waals surface area contributed by atoms with Gasteiger partial charge in [-0.25, -0.2) is 4.98 Å². The third-order valence-corrected chi connectivity index (χ3v) is 3.09. The van der Waals surface area contributed by atoms with E-state index >= 15 is 0 Å². The van der Waals surface area contributed by atoms with Gasteiger partial charge in [0.15, 0.2) is 0 Å². The lowest BCUT2D eigenvalue weighted by Gasteiger charge is -2.01. The summed E-state index contributed by atoms with van der Waals surface area (Å²) < 4.78 is 0. The van der Waals surface area contributed by atoms with Crippen LogP contribution in [0.3, 0.4) is 0 Å². The highest BCUT2D eigenvalue weighted by atomic mass is 32.1. The molecule has 2 rings (SSSR count). The van der Waals surface area contributed by atoms with Crippen LogP contribution in [-0.2, 0) is 4.79 Å². The second-order valence-corrected chi connectivity index (χ2v) is 4.27. The van der Waals surface area contributed by atoms with Gasteiger partial charge in [0.1, 0.15) is 5.01 Å². The molecule has 1 aromatic heterocycles. The van der Waals surface area contributed by atoms with Crippen molar-refractivity contribution in [2.24, 2.45) is 0 Å². The highest BCUT2D eigenvalue weighted by Gasteiger charge is 2.04. The zero-order valence-corrected chi connectivity index (χ0v) is 10.2. The summed E-state index contributed by atoms with van der Waals surface area (Å²) in [5.74, 6) is -0.112. The number of benzene rings is 1. The molecule has 0 aliphatic rings. The van der Waals surface area contributed by atoms with Gasteiger partial charge >= 0.3 is 0 Å². The minimum absolute atomic E-state index is 0.112. The number of rotatable bonds is 3. The number of thiazole rings is 1. The number of nitrogens with zero attached hydrogens (tertiary/aromatic N) is 1. The number of nitrogens with one attached hydrogen (secondary N) is 1. The van der Waals surface area contributed by atoms with Crippen LogP contribution >= 0.6 is 11.3 Å². The lowest BCUT2D eigenvalue weighted by molar-refractivity contribution is -0.115. The van der Waals surface area contributed by atoms with Crippen LogP contribution in [0, 0.1) is 0 Å². The first-order chi connectivity index (χ1) is 8.31. The number of hydrogen-bond acceptors (Lipinski definition) is 3. The average molecular weight is 244 g/mol. The molecule has 2 aromatic rings. The van der Waals surface area contributed by atoms with Gasteiger partial charge in [0.25, 0.3) is 0 Å². The first kappa shape index (κ1) is 11.5. The maximum atomic E-state index is 11.2. The SMILES string of the molecule is CNC(=O)/C=C/c1ccccc1-c1nccs1. The molecule has 1 heterocycles. The third-order valence-electron chi connectivity index (χ3n) is 2.28. The van der Waals surface area contributed by atoms with Crippen LogP contribution in [0.25, 0.3) is 16.6 Å². The fourth-order valence-electron chi connectivity index (χ4n) is 1.44. The monoisotopic (exact) mass is 244 g/mol. The summed E-state index contributed by atoms with van der Waals surface area (Å²) in [6, 6.07) is 7.88. The minimum atomic E-state index is -0.112. The summed E-state index contributed by atoms with van der Waals surface area (Å²) in [6.45, 7) is 0. The summed E-state index contributed by atoms with van der Waals surface area (Å²) in [5, 5.41) is 5.45. The van der Waals surface area contributed by atoms with Gasteiger partial charge in [0, 0.05) is 30.3 Å². The van der Waals surface area contributed by atoms with E-state index in [0.717, 1.165) is 16.1 Å². The zero-order chi connectivity index (χ0) is 12.1. The van der Waals surface area contributed by atoms with Gasteiger partial charge < -0.3 is 5.32 Å². The molecule has 1 aromatic carbocycles. The molecule has 0 atom stereocenters. The van der Waals surface area contributed by atoms with E-state index in [2.05, 4.69) is 10.3 Å². The van der Waals surface area contributed by atoms with Crippen LogP contribution < -0.4 is 5.32 Å². The van der Waals surface area contributed by atoms with Crippen LogP contribution in [0.5, 0.6) is 0 Å². The van der Waals surface area contributed by atoms with Crippen molar-refractivity contribution in [2.45, 2.75) is 0 Å². The predicted molar refractivity (Wildman–Crippen MR) is 70.7 cm³/mol. The van der Waals surface area contributed by atoms with Gasteiger partial charge in [-0.2, -0.15) is 0 Å². The van der Waals surface area contributed by atoms with Gasteiger partial charge in [-0.1, -0.05) is 24.3 Å².